The number of aliphatic hydroxyl groups is 1. The number of hydrogen-bond donors (Lipinski definition) is 2. The molecule has 0 unspecified atom stereocenters. The van der Waals surface area contributed by atoms with E-state index in [1.165, 1.54) is 0 Å². The van der Waals surface area contributed by atoms with Crippen LogP contribution in [-0.2, 0) is 0 Å². The zero-order valence-electron chi connectivity index (χ0n) is 5.75. The SMILES string of the molecule is C[C@@H]1CN(N)CC[C@H]1O. The van der Waals surface area contributed by atoms with Crippen molar-refractivity contribution in [2.24, 2.45) is 11.8 Å². The maximum Gasteiger partial charge on any atom is 0.0591 e. The molecule has 1 heterocycles. The quantitative estimate of drug-likeness (QED) is 0.437. The summed E-state index contributed by atoms with van der Waals surface area (Å²) in [5, 5.41) is 11.0. The molecule has 0 radical (unpaired) electrons. The summed E-state index contributed by atoms with van der Waals surface area (Å²) in [6.45, 7) is 3.66. The van der Waals surface area contributed by atoms with Gasteiger partial charge in [-0.1, -0.05) is 6.92 Å². The van der Waals surface area contributed by atoms with Crippen molar-refractivity contribution in [3.05, 3.63) is 0 Å². The van der Waals surface area contributed by atoms with Crippen LogP contribution in [0.5, 0.6) is 0 Å². The lowest BCUT2D eigenvalue weighted by Crippen LogP contribution is -2.45. The van der Waals surface area contributed by atoms with Crippen molar-refractivity contribution in [1.29, 1.82) is 0 Å². The van der Waals surface area contributed by atoms with Crippen LogP contribution in [0.3, 0.4) is 0 Å². The fourth-order valence-electron chi connectivity index (χ4n) is 1.17. The zero-order valence-corrected chi connectivity index (χ0v) is 5.75. The number of hydrazine groups is 1. The normalized spacial score (nSPS) is 39.0. The molecular formula is C6H14N2O. The van der Waals surface area contributed by atoms with Gasteiger partial charge in [-0.05, 0) is 12.3 Å². The van der Waals surface area contributed by atoms with E-state index in [9.17, 15) is 5.11 Å². The number of nitrogens with zero attached hydrogens (tertiary/aromatic N) is 1. The van der Waals surface area contributed by atoms with Gasteiger partial charge in [0.1, 0.15) is 0 Å². The molecule has 0 saturated carbocycles. The minimum absolute atomic E-state index is 0.134. The first-order chi connectivity index (χ1) is 4.20. The van der Waals surface area contributed by atoms with E-state index in [0.717, 1.165) is 19.5 Å². The monoisotopic (exact) mass is 130 g/mol. The zero-order chi connectivity index (χ0) is 6.85. The van der Waals surface area contributed by atoms with Crippen LogP contribution in [0.1, 0.15) is 13.3 Å². The van der Waals surface area contributed by atoms with Crippen molar-refractivity contribution in [2.45, 2.75) is 19.4 Å². The summed E-state index contributed by atoms with van der Waals surface area (Å²) in [5.74, 6) is 5.85. The van der Waals surface area contributed by atoms with Crippen LogP contribution in [0.4, 0.5) is 0 Å². The Labute approximate surface area is 55.4 Å². The molecule has 0 bridgehead atoms. The van der Waals surface area contributed by atoms with E-state index >= 15 is 0 Å². The molecule has 1 saturated heterocycles. The molecule has 1 fully saturated rings. The minimum Gasteiger partial charge on any atom is -0.393 e. The Bertz CT molecular complexity index is 97.1. The lowest BCUT2D eigenvalue weighted by atomic mass is 9.98. The van der Waals surface area contributed by atoms with Gasteiger partial charge in [0.25, 0.3) is 0 Å². The predicted molar refractivity (Wildman–Crippen MR) is 35.5 cm³/mol. The maximum atomic E-state index is 9.21. The number of aliphatic hydroxyl groups excluding tert-OH is 1. The minimum atomic E-state index is -0.134. The first-order valence-corrected chi connectivity index (χ1v) is 3.38. The van der Waals surface area contributed by atoms with Crippen LogP contribution in [0.2, 0.25) is 0 Å². The molecule has 3 heteroatoms. The van der Waals surface area contributed by atoms with Crippen molar-refractivity contribution < 1.29 is 5.11 Å². The average molecular weight is 130 g/mol. The molecule has 1 rings (SSSR count). The van der Waals surface area contributed by atoms with Gasteiger partial charge < -0.3 is 5.11 Å². The van der Waals surface area contributed by atoms with Gasteiger partial charge in [0.2, 0.25) is 0 Å². The largest absolute Gasteiger partial charge is 0.393 e. The van der Waals surface area contributed by atoms with Crippen LogP contribution in [0.25, 0.3) is 0 Å². The van der Waals surface area contributed by atoms with E-state index in [2.05, 4.69) is 0 Å². The highest BCUT2D eigenvalue weighted by atomic mass is 16.3. The van der Waals surface area contributed by atoms with Crippen LogP contribution in [-0.4, -0.2) is 29.3 Å². The third kappa shape index (κ3) is 1.64. The third-order valence-electron chi connectivity index (χ3n) is 1.89. The van der Waals surface area contributed by atoms with Gasteiger partial charge in [0.15, 0.2) is 0 Å². The Kier molecular flexibility index (Phi) is 2.05. The first kappa shape index (κ1) is 6.99. The molecule has 0 aromatic carbocycles. The summed E-state index contributed by atoms with van der Waals surface area (Å²) in [6, 6.07) is 0. The van der Waals surface area contributed by atoms with Crippen LogP contribution < -0.4 is 5.84 Å². The molecule has 1 aliphatic rings. The molecule has 0 amide bonds. The molecule has 0 spiro atoms. The van der Waals surface area contributed by atoms with E-state index in [4.69, 9.17) is 5.84 Å². The Morgan fingerprint density at radius 3 is 2.78 bits per heavy atom. The molecule has 0 aromatic rings. The maximum absolute atomic E-state index is 9.21. The lowest BCUT2D eigenvalue weighted by Gasteiger charge is -2.30. The van der Waals surface area contributed by atoms with E-state index in [-0.39, 0.29) is 6.10 Å². The smallest absolute Gasteiger partial charge is 0.0591 e. The number of hydrogen-bond acceptors (Lipinski definition) is 3. The molecule has 9 heavy (non-hydrogen) atoms. The highest BCUT2D eigenvalue weighted by Crippen LogP contribution is 2.12. The van der Waals surface area contributed by atoms with Gasteiger partial charge in [-0.15, -0.1) is 0 Å². The van der Waals surface area contributed by atoms with Gasteiger partial charge in [-0.2, -0.15) is 0 Å². The summed E-state index contributed by atoms with van der Waals surface area (Å²) in [7, 11) is 0. The predicted octanol–water partition coefficient (Wildman–Crippen LogP) is -0.437. The Morgan fingerprint density at radius 1 is 1.67 bits per heavy atom. The molecule has 3 N–H and O–H groups in total. The lowest BCUT2D eigenvalue weighted by molar-refractivity contribution is 0.0350. The second-order valence-corrected chi connectivity index (χ2v) is 2.83. The molecule has 54 valence electrons. The van der Waals surface area contributed by atoms with Crippen LogP contribution in [0, 0.1) is 5.92 Å². The second kappa shape index (κ2) is 2.64. The molecule has 3 nitrogen and oxygen atoms in total. The van der Waals surface area contributed by atoms with Gasteiger partial charge in [0.05, 0.1) is 6.10 Å². The van der Waals surface area contributed by atoms with Gasteiger partial charge >= 0.3 is 0 Å². The molecule has 2 atom stereocenters. The summed E-state index contributed by atoms with van der Waals surface area (Å²) in [5.41, 5.74) is 0. The highest BCUT2D eigenvalue weighted by Gasteiger charge is 2.21. The van der Waals surface area contributed by atoms with Gasteiger partial charge in [-0.3, -0.25) is 5.84 Å². The third-order valence-corrected chi connectivity index (χ3v) is 1.89. The Hall–Kier alpha value is -0.120. The van der Waals surface area contributed by atoms with E-state index in [1.807, 2.05) is 6.92 Å². The number of nitrogens with two attached hydrogens (primary N) is 1. The summed E-state index contributed by atoms with van der Waals surface area (Å²) < 4.78 is 0. The van der Waals surface area contributed by atoms with Gasteiger partial charge in [-0.25, -0.2) is 5.01 Å². The van der Waals surface area contributed by atoms with E-state index < -0.39 is 0 Å². The van der Waals surface area contributed by atoms with Crippen molar-refractivity contribution in [1.82, 2.24) is 5.01 Å². The fourth-order valence-corrected chi connectivity index (χ4v) is 1.17. The van der Waals surface area contributed by atoms with Crippen molar-refractivity contribution in [2.75, 3.05) is 13.1 Å². The van der Waals surface area contributed by atoms with Crippen LogP contribution >= 0.6 is 0 Å². The molecule has 1 aliphatic heterocycles. The molecule has 0 aliphatic carbocycles. The number of rotatable bonds is 0. The highest BCUT2D eigenvalue weighted by molar-refractivity contribution is 4.73. The van der Waals surface area contributed by atoms with Crippen molar-refractivity contribution in [3.8, 4) is 0 Å². The summed E-state index contributed by atoms with van der Waals surface area (Å²) in [6.07, 6.45) is 0.683. The average Bonchev–Trinajstić information content (AvgIpc) is 1.80. The summed E-state index contributed by atoms with van der Waals surface area (Å²) >= 11 is 0. The number of piperidine rings is 1. The second-order valence-electron chi connectivity index (χ2n) is 2.83. The van der Waals surface area contributed by atoms with Crippen molar-refractivity contribution in [3.63, 3.8) is 0 Å². The van der Waals surface area contributed by atoms with Crippen molar-refractivity contribution >= 4 is 0 Å². The Morgan fingerprint density at radius 2 is 2.33 bits per heavy atom. The van der Waals surface area contributed by atoms with E-state index in [0.29, 0.717) is 5.92 Å². The molecular weight excluding hydrogens is 116 g/mol. The van der Waals surface area contributed by atoms with Gasteiger partial charge in [0, 0.05) is 13.1 Å². The van der Waals surface area contributed by atoms with Crippen LogP contribution in [0.15, 0.2) is 0 Å². The fraction of sp³-hybridized carbons (Fsp3) is 1.00. The first-order valence-electron chi connectivity index (χ1n) is 3.38. The summed E-state index contributed by atoms with van der Waals surface area (Å²) in [4.78, 5) is 0. The molecule has 0 aromatic heterocycles. The Balaban J connectivity index is 2.35. The standard InChI is InChI=1S/C6H14N2O/c1-5-4-8(7)3-2-6(5)9/h5-6,9H,2-4,7H2,1H3/t5-,6-/m1/s1. The topological polar surface area (TPSA) is 49.5 Å². The van der Waals surface area contributed by atoms with E-state index in [1.54, 1.807) is 5.01 Å².